The second-order valence-electron chi connectivity index (χ2n) is 4.90. The van der Waals surface area contributed by atoms with Crippen molar-refractivity contribution in [2.24, 2.45) is 0 Å². The molecule has 1 aromatic carbocycles. The molecule has 0 radical (unpaired) electrons. The van der Waals surface area contributed by atoms with Crippen molar-refractivity contribution >= 4 is 15.7 Å². The predicted octanol–water partition coefficient (Wildman–Crippen LogP) is 2.48. The molecule has 1 fully saturated rings. The fraction of sp³-hybridized carbons (Fsp3) is 0.538. The van der Waals surface area contributed by atoms with E-state index in [2.05, 4.69) is 4.72 Å². The minimum Gasteiger partial charge on any atom is -0.503 e. The summed E-state index contributed by atoms with van der Waals surface area (Å²) in [6.07, 6.45) is 6.59. The molecule has 0 atom stereocenters. The maximum atomic E-state index is 11.2. The Bertz CT molecular complexity index is 536. The van der Waals surface area contributed by atoms with E-state index in [1.165, 1.54) is 12.5 Å². The molecule has 19 heavy (non-hydrogen) atoms. The van der Waals surface area contributed by atoms with Gasteiger partial charge in [0, 0.05) is 0 Å². The van der Waals surface area contributed by atoms with Crippen LogP contribution in [0.15, 0.2) is 18.2 Å². The van der Waals surface area contributed by atoms with Gasteiger partial charge in [0.25, 0.3) is 0 Å². The minimum atomic E-state index is -3.42. The van der Waals surface area contributed by atoms with E-state index in [0.717, 1.165) is 31.9 Å². The van der Waals surface area contributed by atoms with Gasteiger partial charge in [-0.05, 0) is 37.8 Å². The summed E-state index contributed by atoms with van der Waals surface area (Å²) in [6, 6.07) is 4.81. The Kier molecular flexibility index (Phi) is 4.19. The highest BCUT2D eigenvalue weighted by atomic mass is 32.2. The zero-order valence-corrected chi connectivity index (χ0v) is 11.7. The second kappa shape index (κ2) is 5.69. The Morgan fingerprint density at radius 1 is 1.26 bits per heavy atom. The number of rotatable bonds is 4. The number of nitrogens with one attached hydrogen (secondary N) is 1. The number of hydrogen-bond donors (Lipinski definition) is 2. The predicted molar refractivity (Wildman–Crippen MR) is 74.1 cm³/mol. The standard InChI is InChI=1S/C13H19NO4S/c1-19(16,17)14-11-8-5-9-12(13(11)15)18-10-6-3-2-4-7-10/h5,8-10,14-15H,2-4,6-7H2,1H3. The first-order chi connectivity index (χ1) is 8.96. The number of sulfonamides is 1. The summed E-state index contributed by atoms with van der Waals surface area (Å²) in [5.41, 5.74) is 0.149. The summed E-state index contributed by atoms with van der Waals surface area (Å²) in [7, 11) is -3.42. The molecule has 2 rings (SSSR count). The van der Waals surface area contributed by atoms with Crippen LogP contribution in [0, 0.1) is 0 Å². The van der Waals surface area contributed by atoms with Gasteiger partial charge in [0.05, 0.1) is 18.0 Å². The largest absolute Gasteiger partial charge is 0.503 e. The Morgan fingerprint density at radius 3 is 2.58 bits per heavy atom. The van der Waals surface area contributed by atoms with Gasteiger partial charge in [0.2, 0.25) is 10.0 Å². The van der Waals surface area contributed by atoms with Gasteiger partial charge in [-0.1, -0.05) is 12.5 Å². The van der Waals surface area contributed by atoms with Crippen LogP contribution in [-0.4, -0.2) is 25.9 Å². The molecule has 106 valence electrons. The van der Waals surface area contributed by atoms with Crippen LogP contribution in [0.2, 0.25) is 0 Å². The summed E-state index contributed by atoms with van der Waals surface area (Å²) < 4.78 is 30.4. The van der Waals surface area contributed by atoms with Gasteiger partial charge in [-0.3, -0.25) is 4.72 Å². The molecule has 1 saturated carbocycles. The number of aromatic hydroxyl groups is 1. The van der Waals surface area contributed by atoms with Crippen molar-refractivity contribution in [2.45, 2.75) is 38.2 Å². The van der Waals surface area contributed by atoms with Gasteiger partial charge in [0.1, 0.15) is 0 Å². The van der Waals surface area contributed by atoms with E-state index < -0.39 is 10.0 Å². The molecule has 2 N–H and O–H groups in total. The highest BCUT2D eigenvalue weighted by molar-refractivity contribution is 7.92. The van der Waals surface area contributed by atoms with E-state index in [1.807, 2.05) is 0 Å². The van der Waals surface area contributed by atoms with E-state index in [0.29, 0.717) is 5.75 Å². The molecule has 1 aliphatic carbocycles. The molecule has 0 heterocycles. The average Bonchev–Trinajstić information content (AvgIpc) is 2.34. The minimum absolute atomic E-state index is 0.105. The molecule has 0 amide bonds. The van der Waals surface area contributed by atoms with Crippen LogP contribution in [0.1, 0.15) is 32.1 Å². The van der Waals surface area contributed by atoms with Crippen LogP contribution >= 0.6 is 0 Å². The third kappa shape index (κ3) is 4.02. The quantitative estimate of drug-likeness (QED) is 0.833. The first kappa shape index (κ1) is 14.0. The van der Waals surface area contributed by atoms with Gasteiger partial charge in [-0.15, -0.1) is 0 Å². The number of para-hydroxylation sites is 1. The zero-order valence-electron chi connectivity index (χ0n) is 10.9. The monoisotopic (exact) mass is 285 g/mol. The van der Waals surface area contributed by atoms with E-state index in [9.17, 15) is 13.5 Å². The van der Waals surface area contributed by atoms with Crippen molar-refractivity contribution in [1.29, 1.82) is 0 Å². The zero-order chi connectivity index (χ0) is 13.9. The summed E-state index contributed by atoms with van der Waals surface area (Å²) in [5.74, 6) is 0.180. The average molecular weight is 285 g/mol. The first-order valence-corrected chi connectivity index (χ1v) is 8.31. The Labute approximate surface area is 113 Å². The Balaban J connectivity index is 2.14. The third-order valence-corrected chi connectivity index (χ3v) is 3.73. The number of hydrogen-bond acceptors (Lipinski definition) is 4. The van der Waals surface area contributed by atoms with Crippen molar-refractivity contribution in [3.63, 3.8) is 0 Å². The SMILES string of the molecule is CS(=O)(=O)Nc1cccc(OC2CCCCC2)c1O. The molecule has 5 nitrogen and oxygen atoms in total. The van der Waals surface area contributed by atoms with Crippen molar-refractivity contribution in [3.05, 3.63) is 18.2 Å². The van der Waals surface area contributed by atoms with Gasteiger partial charge >= 0.3 is 0 Å². The lowest BCUT2D eigenvalue weighted by Crippen LogP contribution is -2.19. The Morgan fingerprint density at radius 2 is 1.95 bits per heavy atom. The number of phenolic OH excluding ortho intramolecular Hbond substituents is 1. The lowest BCUT2D eigenvalue weighted by molar-refractivity contribution is 0.150. The van der Waals surface area contributed by atoms with Crippen molar-refractivity contribution < 1.29 is 18.3 Å². The number of ether oxygens (including phenoxy) is 1. The highest BCUT2D eigenvalue weighted by Gasteiger charge is 2.18. The molecule has 0 aromatic heterocycles. The maximum absolute atomic E-state index is 11.2. The van der Waals surface area contributed by atoms with Crippen LogP contribution in [0.5, 0.6) is 11.5 Å². The van der Waals surface area contributed by atoms with Crippen molar-refractivity contribution in [2.75, 3.05) is 11.0 Å². The molecule has 0 aliphatic heterocycles. The normalized spacial score (nSPS) is 17.1. The van der Waals surface area contributed by atoms with Gasteiger partial charge in [-0.25, -0.2) is 8.42 Å². The molecule has 0 saturated heterocycles. The molecule has 6 heteroatoms. The lowest BCUT2D eigenvalue weighted by atomic mass is 9.98. The van der Waals surface area contributed by atoms with Crippen LogP contribution in [0.25, 0.3) is 0 Å². The van der Waals surface area contributed by atoms with Crippen LogP contribution in [0.3, 0.4) is 0 Å². The molecule has 0 bridgehead atoms. The van der Waals surface area contributed by atoms with Gasteiger partial charge < -0.3 is 9.84 Å². The molecule has 1 aliphatic rings. The first-order valence-electron chi connectivity index (χ1n) is 6.42. The summed E-state index contributed by atoms with van der Waals surface area (Å²) in [5, 5.41) is 10.0. The second-order valence-corrected chi connectivity index (χ2v) is 6.65. The van der Waals surface area contributed by atoms with Crippen LogP contribution < -0.4 is 9.46 Å². The number of benzene rings is 1. The lowest BCUT2D eigenvalue weighted by Gasteiger charge is -2.23. The van der Waals surface area contributed by atoms with E-state index in [-0.39, 0.29) is 17.5 Å². The maximum Gasteiger partial charge on any atom is 0.229 e. The van der Waals surface area contributed by atoms with Gasteiger partial charge in [0.15, 0.2) is 11.5 Å². The van der Waals surface area contributed by atoms with Crippen molar-refractivity contribution in [3.8, 4) is 11.5 Å². The fourth-order valence-corrected chi connectivity index (χ4v) is 2.83. The van der Waals surface area contributed by atoms with Gasteiger partial charge in [-0.2, -0.15) is 0 Å². The summed E-state index contributed by atoms with van der Waals surface area (Å²) >= 11 is 0. The topological polar surface area (TPSA) is 75.6 Å². The molecule has 1 aromatic rings. The number of anilines is 1. The van der Waals surface area contributed by atoms with Crippen LogP contribution in [0.4, 0.5) is 5.69 Å². The van der Waals surface area contributed by atoms with Crippen LogP contribution in [-0.2, 0) is 10.0 Å². The van der Waals surface area contributed by atoms with E-state index in [1.54, 1.807) is 12.1 Å². The summed E-state index contributed by atoms with van der Waals surface area (Å²) in [4.78, 5) is 0. The molecule has 0 unspecified atom stereocenters. The third-order valence-electron chi connectivity index (χ3n) is 3.14. The molecular weight excluding hydrogens is 266 g/mol. The highest BCUT2D eigenvalue weighted by Crippen LogP contribution is 2.36. The van der Waals surface area contributed by atoms with Crippen molar-refractivity contribution in [1.82, 2.24) is 0 Å². The molecular formula is C13H19NO4S. The van der Waals surface area contributed by atoms with E-state index in [4.69, 9.17) is 4.74 Å². The Hall–Kier alpha value is -1.43. The van der Waals surface area contributed by atoms with E-state index >= 15 is 0 Å². The number of phenols is 1. The molecule has 0 spiro atoms. The fourth-order valence-electron chi connectivity index (χ4n) is 2.26. The summed E-state index contributed by atoms with van der Waals surface area (Å²) in [6.45, 7) is 0. The smallest absolute Gasteiger partial charge is 0.229 e.